The van der Waals surface area contributed by atoms with Gasteiger partial charge in [-0.3, -0.25) is 9.98 Å². The van der Waals surface area contributed by atoms with E-state index in [0.717, 1.165) is 62.4 Å². The molecule has 0 atom stereocenters. The molecule has 0 aliphatic rings. The maximum Gasteiger partial charge on any atom is 0.138 e. The summed E-state index contributed by atoms with van der Waals surface area (Å²) in [7, 11) is 0. The third-order valence-electron chi connectivity index (χ3n) is 6.71. The van der Waals surface area contributed by atoms with Gasteiger partial charge in [-0.25, -0.2) is 4.98 Å². The number of nitrogens with one attached hydrogen (secondary N) is 1. The van der Waals surface area contributed by atoms with Gasteiger partial charge in [0.2, 0.25) is 0 Å². The van der Waals surface area contributed by atoms with Crippen LogP contribution in [0.2, 0.25) is 0 Å². The van der Waals surface area contributed by atoms with Crippen LogP contribution in [-0.4, -0.2) is 34.4 Å². The first-order valence-corrected chi connectivity index (χ1v) is 14.0. The molecule has 2 heterocycles. The predicted molar refractivity (Wildman–Crippen MR) is 170 cm³/mol. The molecule has 0 unspecified atom stereocenters. The van der Waals surface area contributed by atoms with E-state index >= 15 is 0 Å². The van der Waals surface area contributed by atoms with Crippen LogP contribution >= 0.6 is 0 Å². The molecular formula is C35H31N5O2. The van der Waals surface area contributed by atoms with Gasteiger partial charge >= 0.3 is 0 Å². The molecule has 0 fully saturated rings. The Bertz CT molecular complexity index is 1730. The molecule has 4 aromatic carbocycles. The van der Waals surface area contributed by atoms with Gasteiger partial charge in [-0.05, 0) is 117 Å². The molecule has 1 N–H and O–H groups in total. The number of imidazole rings is 1. The van der Waals surface area contributed by atoms with Gasteiger partial charge in [0, 0.05) is 28.8 Å². The number of aliphatic imine (C=N–C) groups is 1. The van der Waals surface area contributed by atoms with E-state index in [1.54, 1.807) is 12.4 Å². The Kier molecular flexibility index (Phi) is 7.90. The highest BCUT2D eigenvalue weighted by atomic mass is 16.5. The molecule has 2 aromatic heterocycles. The van der Waals surface area contributed by atoms with Crippen molar-refractivity contribution in [3.63, 3.8) is 0 Å². The minimum absolute atomic E-state index is 0.630. The second-order valence-electron chi connectivity index (χ2n) is 9.54. The number of hydrogen-bond donors (Lipinski definition) is 1. The molecule has 6 rings (SSSR count). The van der Waals surface area contributed by atoms with Crippen LogP contribution in [0, 0.1) is 0 Å². The van der Waals surface area contributed by atoms with Gasteiger partial charge in [-0.1, -0.05) is 6.07 Å². The van der Waals surface area contributed by atoms with Crippen LogP contribution in [0.5, 0.6) is 11.5 Å². The normalized spacial score (nSPS) is 11.2. The molecule has 0 spiro atoms. The molecule has 0 saturated heterocycles. The Morgan fingerprint density at radius 2 is 1.36 bits per heavy atom. The van der Waals surface area contributed by atoms with Gasteiger partial charge in [0.25, 0.3) is 0 Å². The van der Waals surface area contributed by atoms with Crippen molar-refractivity contribution < 1.29 is 9.47 Å². The molecule has 6 aromatic rings. The van der Waals surface area contributed by atoms with Crippen molar-refractivity contribution in [1.29, 1.82) is 0 Å². The lowest BCUT2D eigenvalue weighted by Gasteiger charge is -2.26. The fraction of sp³-hybridized carbons (Fsp3) is 0.114. The molecule has 42 heavy (non-hydrogen) atoms. The average Bonchev–Trinajstić information content (AvgIpc) is 3.47. The minimum atomic E-state index is 0.630. The lowest BCUT2D eigenvalue weighted by Crippen LogP contribution is -2.10. The van der Waals surface area contributed by atoms with Gasteiger partial charge in [-0.2, -0.15) is 0 Å². The molecule has 7 nitrogen and oxygen atoms in total. The summed E-state index contributed by atoms with van der Waals surface area (Å²) in [4.78, 5) is 19.4. The van der Waals surface area contributed by atoms with Crippen LogP contribution in [0.4, 0.5) is 22.7 Å². The predicted octanol–water partition coefficient (Wildman–Crippen LogP) is 8.64. The molecule has 208 valence electrons. The molecule has 0 aliphatic heterocycles. The number of pyridine rings is 1. The van der Waals surface area contributed by atoms with Crippen LogP contribution in [-0.2, 0) is 0 Å². The lowest BCUT2D eigenvalue weighted by molar-refractivity contribution is 0.340. The van der Waals surface area contributed by atoms with Crippen LogP contribution in [0.25, 0.3) is 22.4 Å². The molecule has 0 saturated carbocycles. The molecule has 0 aliphatic carbocycles. The second-order valence-corrected chi connectivity index (χ2v) is 9.54. The molecule has 7 heteroatoms. The number of anilines is 3. The third kappa shape index (κ3) is 6.00. The Balaban J connectivity index is 1.29. The summed E-state index contributed by atoms with van der Waals surface area (Å²) in [6, 6.07) is 36.4. The van der Waals surface area contributed by atoms with Crippen molar-refractivity contribution in [2.24, 2.45) is 4.99 Å². The molecule has 0 amide bonds. The molecule has 0 bridgehead atoms. The summed E-state index contributed by atoms with van der Waals surface area (Å²) in [5.74, 6) is 2.49. The Morgan fingerprint density at radius 3 is 1.93 bits per heavy atom. The number of aromatic amines is 1. The van der Waals surface area contributed by atoms with E-state index in [9.17, 15) is 0 Å². The second kappa shape index (κ2) is 12.4. The van der Waals surface area contributed by atoms with Crippen LogP contribution in [0.3, 0.4) is 0 Å². The Morgan fingerprint density at radius 1 is 0.738 bits per heavy atom. The van der Waals surface area contributed by atoms with E-state index in [4.69, 9.17) is 14.5 Å². The topological polar surface area (TPSA) is 75.6 Å². The summed E-state index contributed by atoms with van der Waals surface area (Å²) >= 11 is 0. The van der Waals surface area contributed by atoms with Crippen molar-refractivity contribution in [1.82, 2.24) is 15.0 Å². The number of fused-ring (bicyclic) bond motifs is 1. The van der Waals surface area contributed by atoms with Crippen molar-refractivity contribution in [2.45, 2.75) is 13.8 Å². The van der Waals surface area contributed by atoms with Crippen molar-refractivity contribution in [2.75, 3.05) is 18.1 Å². The fourth-order valence-electron chi connectivity index (χ4n) is 4.74. The van der Waals surface area contributed by atoms with E-state index in [1.807, 2.05) is 74.5 Å². The third-order valence-corrected chi connectivity index (χ3v) is 6.71. The van der Waals surface area contributed by atoms with E-state index < -0.39 is 0 Å². The van der Waals surface area contributed by atoms with Crippen LogP contribution in [0.1, 0.15) is 19.5 Å². The smallest absolute Gasteiger partial charge is 0.138 e. The van der Waals surface area contributed by atoms with Crippen molar-refractivity contribution in [3.8, 4) is 22.9 Å². The van der Waals surface area contributed by atoms with Gasteiger partial charge in [0.1, 0.15) is 17.3 Å². The first-order chi connectivity index (χ1) is 20.7. The summed E-state index contributed by atoms with van der Waals surface area (Å²) in [5, 5.41) is 0. The Labute approximate surface area is 245 Å². The fourth-order valence-corrected chi connectivity index (χ4v) is 4.74. The summed E-state index contributed by atoms with van der Waals surface area (Å²) in [6.45, 7) is 5.23. The maximum atomic E-state index is 5.67. The van der Waals surface area contributed by atoms with Crippen LogP contribution < -0.4 is 14.4 Å². The van der Waals surface area contributed by atoms with E-state index in [1.165, 1.54) is 0 Å². The molecule has 0 radical (unpaired) electrons. The summed E-state index contributed by atoms with van der Waals surface area (Å²) in [5.41, 5.74) is 7.51. The number of nitrogens with zero attached hydrogens (tertiary/aromatic N) is 4. The number of aromatic nitrogens is 3. The van der Waals surface area contributed by atoms with Gasteiger partial charge in [-0.15, -0.1) is 0 Å². The average molecular weight is 554 g/mol. The van der Waals surface area contributed by atoms with E-state index in [-0.39, 0.29) is 0 Å². The van der Waals surface area contributed by atoms with E-state index in [2.05, 4.69) is 68.4 Å². The van der Waals surface area contributed by atoms with Crippen molar-refractivity contribution in [3.05, 3.63) is 121 Å². The number of benzene rings is 4. The number of H-pyrrole nitrogens is 1. The Hall–Kier alpha value is -5.43. The minimum Gasteiger partial charge on any atom is -0.494 e. The largest absolute Gasteiger partial charge is 0.494 e. The van der Waals surface area contributed by atoms with Crippen molar-refractivity contribution >= 4 is 40.0 Å². The lowest BCUT2D eigenvalue weighted by atomic mass is 10.1. The molecular weight excluding hydrogens is 522 g/mol. The highest BCUT2D eigenvalue weighted by Gasteiger charge is 2.14. The zero-order valence-corrected chi connectivity index (χ0v) is 23.6. The monoisotopic (exact) mass is 553 g/mol. The number of rotatable bonds is 10. The number of hydrogen-bond acceptors (Lipinski definition) is 6. The SMILES string of the molecule is CCOc1ccc(N(c2ccc(OCC)cc2)c2ccc(-c3nc4cc(N=Cc5ccccn5)ccc4[nH]3)cc2)cc1. The summed E-state index contributed by atoms with van der Waals surface area (Å²) < 4.78 is 11.3. The highest BCUT2D eigenvalue weighted by Crippen LogP contribution is 2.37. The first kappa shape index (κ1) is 26.8. The highest BCUT2D eigenvalue weighted by molar-refractivity contribution is 5.85. The maximum absolute atomic E-state index is 5.67. The number of ether oxygens (including phenoxy) is 2. The van der Waals surface area contributed by atoms with Gasteiger partial charge in [0.05, 0.1) is 41.8 Å². The zero-order valence-electron chi connectivity index (χ0n) is 23.6. The quantitative estimate of drug-likeness (QED) is 0.172. The zero-order chi connectivity index (χ0) is 28.7. The van der Waals surface area contributed by atoms with E-state index in [0.29, 0.717) is 13.2 Å². The van der Waals surface area contributed by atoms with Gasteiger partial charge in [0.15, 0.2) is 0 Å². The summed E-state index contributed by atoms with van der Waals surface area (Å²) in [6.07, 6.45) is 3.51. The standard InChI is InChI=1S/C35H31N5O2/c1-3-41-31-17-13-29(14-18-31)40(30-15-19-32(20-16-30)42-4-2)28-11-8-25(9-12-28)35-38-33-21-10-26(23-34(33)39-35)37-24-27-7-5-6-22-36-27/h5-24H,3-4H2,1-2H3,(H,38,39). The van der Waals surface area contributed by atoms with Crippen LogP contribution in [0.15, 0.2) is 120 Å². The first-order valence-electron chi connectivity index (χ1n) is 14.0. The van der Waals surface area contributed by atoms with Gasteiger partial charge < -0.3 is 19.4 Å².